The SMILES string of the molecule is Cc1[nH]c2cc3c(cc2c1C)CC1(CC3)OCCO1.Cc1[nH]c2ccc3c(c2c1C)CCC1(C3)OCCO1. The number of fused-ring (bicyclic) bond motifs is 5. The first-order valence-electron chi connectivity index (χ1n) is 14.1. The van der Waals surface area contributed by atoms with E-state index in [4.69, 9.17) is 18.9 Å². The van der Waals surface area contributed by atoms with Crippen molar-refractivity contribution in [2.24, 2.45) is 0 Å². The summed E-state index contributed by atoms with van der Waals surface area (Å²) in [5, 5.41) is 2.76. The van der Waals surface area contributed by atoms with Crippen LogP contribution in [0, 0.1) is 27.7 Å². The van der Waals surface area contributed by atoms with E-state index in [-0.39, 0.29) is 11.6 Å². The predicted molar refractivity (Wildman–Crippen MR) is 149 cm³/mol. The van der Waals surface area contributed by atoms with Crippen LogP contribution >= 0.6 is 0 Å². The molecule has 0 unspecified atom stereocenters. The molecule has 2 aliphatic heterocycles. The summed E-state index contributed by atoms with van der Waals surface area (Å²) in [5.41, 5.74) is 13.5. The Bertz CT molecular complexity index is 1520. The minimum absolute atomic E-state index is 0.333. The van der Waals surface area contributed by atoms with Crippen molar-refractivity contribution in [1.82, 2.24) is 9.97 Å². The second-order valence-corrected chi connectivity index (χ2v) is 11.6. The number of ether oxygens (including phenoxy) is 4. The van der Waals surface area contributed by atoms with Gasteiger partial charge in [0.15, 0.2) is 11.6 Å². The lowest BCUT2D eigenvalue weighted by Gasteiger charge is -2.33. The highest BCUT2D eigenvalue weighted by atomic mass is 16.7. The summed E-state index contributed by atoms with van der Waals surface area (Å²) in [5.74, 6) is -0.667. The Morgan fingerprint density at radius 1 is 0.632 bits per heavy atom. The van der Waals surface area contributed by atoms with Crippen LogP contribution in [0.5, 0.6) is 0 Å². The molecule has 8 rings (SSSR count). The Hall–Kier alpha value is -2.64. The van der Waals surface area contributed by atoms with E-state index >= 15 is 0 Å². The summed E-state index contributed by atoms with van der Waals surface area (Å²) in [4.78, 5) is 6.95. The minimum atomic E-state index is -0.333. The normalized spacial score (nSPS) is 21.2. The smallest absolute Gasteiger partial charge is 0.172 e. The summed E-state index contributed by atoms with van der Waals surface area (Å²) in [6, 6.07) is 9.07. The zero-order valence-corrected chi connectivity index (χ0v) is 23.0. The topological polar surface area (TPSA) is 68.5 Å². The van der Waals surface area contributed by atoms with Crippen molar-refractivity contribution in [1.29, 1.82) is 0 Å². The molecule has 6 nitrogen and oxygen atoms in total. The zero-order chi connectivity index (χ0) is 26.1. The first-order valence-corrected chi connectivity index (χ1v) is 14.1. The average Bonchev–Trinajstić information content (AvgIpc) is 3.68. The third kappa shape index (κ3) is 3.92. The van der Waals surface area contributed by atoms with Gasteiger partial charge in [0.25, 0.3) is 0 Å². The van der Waals surface area contributed by atoms with Gasteiger partial charge in [0.2, 0.25) is 0 Å². The molecule has 2 aliphatic carbocycles. The number of aryl methyl sites for hydroxylation is 6. The third-order valence-corrected chi connectivity index (χ3v) is 9.38. The average molecular weight is 515 g/mol. The second-order valence-electron chi connectivity index (χ2n) is 11.6. The molecule has 38 heavy (non-hydrogen) atoms. The molecule has 4 aromatic rings. The van der Waals surface area contributed by atoms with Crippen molar-refractivity contribution in [3.8, 4) is 0 Å². The van der Waals surface area contributed by atoms with Gasteiger partial charge in [0.05, 0.1) is 26.4 Å². The Morgan fingerprint density at radius 2 is 1.24 bits per heavy atom. The number of aromatic nitrogens is 2. The third-order valence-electron chi connectivity index (χ3n) is 9.38. The van der Waals surface area contributed by atoms with Crippen molar-refractivity contribution in [3.63, 3.8) is 0 Å². The maximum absolute atomic E-state index is 5.86. The van der Waals surface area contributed by atoms with Crippen molar-refractivity contribution in [3.05, 3.63) is 69.0 Å². The number of hydrogen-bond acceptors (Lipinski definition) is 4. The molecule has 0 amide bonds. The summed E-state index contributed by atoms with van der Waals surface area (Å²) in [7, 11) is 0. The lowest BCUT2D eigenvalue weighted by molar-refractivity contribution is -0.164. The second kappa shape index (κ2) is 8.95. The molecule has 0 atom stereocenters. The fourth-order valence-corrected chi connectivity index (χ4v) is 7.04. The largest absolute Gasteiger partial charge is 0.358 e. The highest BCUT2D eigenvalue weighted by Gasteiger charge is 2.41. The first-order chi connectivity index (χ1) is 18.4. The van der Waals surface area contributed by atoms with E-state index < -0.39 is 0 Å². The molecule has 2 saturated heterocycles. The van der Waals surface area contributed by atoms with Crippen LogP contribution in [-0.4, -0.2) is 48.0 Å². The maximum atomic E-state index is 5.86. The molecule has 2 spiro atoms. The number of rotatable bonds is 0. The van der Waals surface area contributed by atoms with Crippen LogP contribution in [0.4, 0.5) is 0 Å². The van der Waals surface area contributed by atoms with Gasteiger partial charge in [0.1, 0.15) is 0 Å². The fourth-order valence-electron chi connectivity index (χ4n) is 7.04. The zero-order valence-electron chi connectivity index (χ0n) is 23.0. The molecule has 2 fully saturated rings. The molecule has 4 aliphatic rings. The van der Waals surface area contributed by atoms with Gasteiger partial charge < -0.3 is 28.9 Å². The molecule has 200 valence electrons. The summed E-state index contributed by atoms with van der Waals surface area (Å²) in [6.07, 6.45) is 5.82. The van der Waals surface area contributed by atoms with Gasteiger partial charge in [-0.05, 0) is 92.1 Å². The molecule has 4 heterocycles. The number of benzene rings is 2. The fraction of sp³-hybridized carbons (Fsp3) is 0.500. The van der Waals surface area contributed by atoms with Crippen LogP contribution in [0.2, 0.25) is 0 Å². The minimum Gasteiger partial charge on any atom is -0.358 e. The number of nitrogens with one attached hydrogen (secondary N) is 2. The summed E-state index contributed by atoms with van der Waals surface area (Å²) in [6.45, 7) is 11.6. The molecule has 2 aromatic heterocycles. The van der Waals surface area contributed by atoms with Gasteiger partial charge in [0, 0.05) is 58.9 Å². The van der Waals surface area contributed by atoms with E-state index in [9.17, 15) is 0 Å². The Labute approximate surface area is 224 Å². The monoisotopic (exact) mass is 514 g/mol. The van der Waals surface area contributed by atoms with Gasteiger partial charge >= 0.3 is 0 Å². The summed E-state index contributed by atoms with van der Waals surface area (Å²) < 4.78 is 23.4. The van der Waals surface area contributed by atoms with E-state index in [0.29, 0.717) is 0 Å². The van der Waals surface area contributed by atoms with E-state index in [1.807, 2.05) is 0 Å². The van der Waals surface area contributed by atoms with E-state index in [1.54, 1.807) is 0 Å². The molecular formula is C32H38N2O4. The first kappa shape index (κ1) is 24.4. The number of hydrogen-bond donors (Lipinski definition) is 2. The van der Waals surface area contributed by atoms with Gasteiger partial charge in [-0.1, -0.05) is 6.07 Å². The van der Waals surface area contributed by atoms with Crippen LogP contribution in [0.1, 0.15) is 57.6 Å². The standard InChI is InChI=1S/2C16H19NO2/c1-10-11(2)17-15-8-12-3-4-16(18-5-6-19-16)9-13(12)7-14(10)15;1-10-11(2)17-14-4-3-12-9-16(18-7-8-19-16)6-5-13(12)15(10)14/h7-8,17H,3-6,9H2,1-2H3;3-4,17H,5-9H2,1-2H3. The Morgan fingerprint density at radius 3 is 1.95 bits per heavy atom. The van der Waals surface area contributed by atoms with E-state index in [2.05, 4.69) is 61.9 Å². The molecule has 0 bridgehead atoms. The maximum Gasteiger partial charge on any atom is 0.172 e. The molecule has 0 saturated carbocycles. The van der Waals surface area contributed by atoms with Gasteiger partial charge in [-0.2, -0.15) is 0 Å². The van der Waals surface area contributed by atoms with Crippen LogP contribution in [0.15, 0.2) is 24.3 Å². The van der Waals surface area contributed by atoms with Crippen molar-refractivity contribution in [2.45, 2.75) is 77.8 Å². The van der Waals surface area contributed by atoms with Crippen LogP contribution in [-0.2, 0) is 44.6 Å². The molecule has 2 aromatic carbocycles. The predicted octanol–water partition coefficient (Wildman–Crippen LogP) is 6.03. The highest BCUT2D eigenvalue weighted by molar-refractivity contribution is 5.89. The van der Waals surface area contributed by atoms with Crippen molar-refractivity contribution in [2.75, 3.05) is 26.4 Å². The molecular weight excluding hydrogens is 476 g/mol. The van der Waals surface area contributed by atoms with Crippen LogP contribution in [0.3, 0.4) is 0 Å². The van der Waals surface area contributed by atoms with E-state index in [1.165, 1.54) is 66.6 Å². The van der Waals surface area contributed by atoms with Gasteiger partial charge in [-0.25, -0.2) is 0 Å². The van der Waals surface area contributed by atoms with Crippen LogP contribution in [0.25, 0.3) is 21.8 Å². The molecule has 0 radical (unpaired) electrons. The summed E-state index contributed by atoms with van der Waals surface area (Å²) >= 11 is 0. The highest BCUT2D eigenvalue weighted by Crippen LogP contribution is 2.40. The van der Waals surface area contributed by atoms with Gasteiger partial charge in [-0.3, -0.25) is 0 Å². The van der Waals surface area contributed by atoms with Crippen molar-refractivity contribution >= 4 is 21.8 Å². The quantitative estimate of drug-likeness (QED) is 0.301. The van der Waals surface area contributed by atoms with Gasteiger partial charge in [-0.15, -0.1) is 0 Å². The lowest BCUT2D eigenvalue weighted by atomic mass is 9.84. The number of H-pyrrole nitrogens is 2. The Balaban J connectivity index is 0.000000127. The Kier molecular flexibility index (Phi) is 5.75. The van der Waals surface area contributed by atoms with E-state index in [0.717, 1.165) is 65.0 Å². The molecule has 6 heteroatoms. The van der Waals surface area contributed by atoms with Crippen molar-refractivity contribution < 1.29 is 18.9 Å². The number of aromatic amines is 2. The lowest BCUT2D eigenvalue weighted by Crippen LogP contribution is -2.37. The molecule has 2 N–H and O–H groups in total. The van der Waals surface area contributed by atoms with Crippen LogP contribution < -0.4 is 0 Å².